The maximum absolute atomic E-state index is 11.4. The van der Waals surface area contributed by atoms with Gasteiger partial charge < -0.3 is 4.90 Å². The number of pyridine rings is 1. The van der Waals surface area contributed by atoms with Crippen LogP contribution in [-0.4, -0.2) is 28.3 Å². The summed E-state index contributed by atoms with van der Waals surface area (Å²) in [7, 11) is 0. The van der Waals surface area contributed by atoms with Crippen molar-refractivity contribution in [1.29, 1.82) is 5.26 Å². The molecule has 3 rings (SSSR count). The molecule has 0 bridgehead atoms. The number of anilines is 1. The maximum atomic E-state index is 11.4. The molecule has 0 aromatic carbocycles. The number of hydrogen-bond acceptors (Lipinski definition) is 4. The monoisotopic (exact) mass is 254 g/mol. The van der Waals surface area contributed by atoms with Gasteiger partial charge in [-0.05, 0) is 25.0 Å². The molecular formula is C14H14N4O. The summed E-state index contributed by atoms with van der Waals surface area (Å²) in [6, 6.07) is 8.24. The van der Waals surface area contributed by atoms with Crippen molar-refractivity contribution in [2.75, 3.05) is 11.4 Å². The van der Waals surface area contributed by atoms with Gasteiger partial charge in [0.2, 0.25) is 0 Å². The topological polar surface area (TPSA) is 61.4 Å². The second-order valence-corrected chi connectivity index (χ2v) is 4.70. The van der Waals surface area contributed by atoms with E-state index in [0.717, 1.165) is 24.8 Å². The fraction of sp³-hybridized carbons (Fsp3) is 0.357. The van der Waals surface area contributed by atoms with E-state index in [2.05, 4.69) is 16.0 Å². The molecule has 0 saturated heterocycles. The van der Waals surface area contributed by atoms with E-state index < -0.39 is 0 Å². The zero-order valence-electron chi connectivity index (χ0n) is 10.5. The van der Waals surface area contributed by atoms with Crippen LogP contribution in [0.3, 0.4) is 0 Å². The molecule has 5 heteroatoms. The minimum absolute atomic E-state index is 0.428. The molecule has 0 spiro atoms. The molecule has 0 atom stereocenters. The molecule has 0 aliphatic heterocycles. The number of carbonyl (C=O) groups excluding carboxylic acids is 1. The molecule has 0 radical (unpaired) electrons. The fourth-order valence-corrected chi connectivity index (χ4v) is 2.34. The highest BCUT2D eigenvalue weighted by Crippen LogP contribution is 2.33. The van der Waals surface area contributed by atoms with Crippen LogP contribution in [0.1, 0.15) is 29.8 Å². The average Bonchev–Trinajstić information content (AvgIpc) is 3.20. The molecule has 19 heavy (non-hydrogen) atoms. The van der Waals surface area contributed by atoms with Crippen LogP contribution in [0.25, 0.3) is 5.65 Å². The number of aldehydes is 1. The lowest BCUT2D eigenvalue weighted by Crippen LogP contribution is -2.28. The Hall–Kier alpha value is -2.35. The van der Waals surface area contributed by atoms with Crippen molar-refractivity contribution >= 4 is 17.8 Å². The highest BCUT2D eigenvalue weighted by Gasteiger charge is 2.32. The Morgan fingerprint density at radius 2 is 2.37 bits per heavy atom. The Morgan fingerprint density at radius 1 is 1.53 bits per heavy atom. The van der Waals surface area contributed by atoms with E-state index in [1.165, 1.54) is 0 Å². The number of imidazole rings is 1. The third-order valence-electron chi connectivity index (χ3n) is 3.38. The Morgan fingerprint density at radius 3 is 3.05 bits per heavy atom. The van der Waals surface area contributed by atoms with E-state index in [9.17, 15) is 4.79 Å². The van der Waals surface area contributed by atoms with Crippen molar-refractivity contribution < 1.29 is 4.79 Å². The summed E-state index contributed by atoms with van der Waals surface area (Å²) in [5, 5.41) is 8.76. The van der Waals surface area contributed by atoms with Gasteiger partial charge in [-0.2, -0.15) is 5.26 Å². The predicted octanol–water partition coefficient (Wildman–Crippen LogP) is 2.03. The Bertz CT molecular complexity index is 651. The quantitative estimate of drug-likeness (QED) is 0.766. The zero-order chi connectivity index (χ0) is 13.2. The van der Waals surface area contributed by atoms with Crippen LogP contribution in [0, 0.1) is 11.3 Å². The molecule has 1 saturated carbocycles. The molecule has 0 N–H and O–H groups in total. The predicted molar refractivity (Wildman–Crippen MR) is 71.2 cm³/mol. The first-order chi connectivity index (χ1) is 9.35. The summed E-state index contributed by atoms with van der Waals surface area (Å²) in [6.45, 7) is 0.631. The van der Waals surface area contributed by atoms with Gasteiger partial charge in [-0.3, -0.25) is 9.20 Å². The average molecular weight is 254 g/mol. The normalized spacial score (nSPS) is 14.3. The number of aromatic nitrogens is 2. The molecule has 5 nitrogen and oxygen atoms in total. The Balaban J connectivity index is 2.06. The summed E-state index contributed by atoms with van der Waals surface area (Å²) in [6.07, 6.45) is 5.35. The Labute approximate surface area is 111 Å². The third-order valence-corrected chi connectivity index (χ3v) is 3.38. The van der Waals surface area contributed by atoms with Crippen molar-refractivity contribution in [1.82, 2.24) is 9.38 Å². The van der Waals surface area contributed by atoms with Crippen molar-refractivity contribution in [2.24, 2.45) is 0 Å². The Kier molecular flexibility index (Phi) is 2.92. The summed E-state index contributed by atoms with van der Waals surface area (Å²) in [5.74, 6) is 0.707. The van der Waals surface area contributed by atoms with Crippen LogP contribution < -0.4 is 4.90 Å². The lowest BCUT2D eigenvalue weighted by molar-refractivity contribution is 0.111. The molecule has 2 aromatic heterocycles. The lowest BCUT2D eigenvalue weighted by Gasteiger charge is -2.21. The van der Waals surface area contributed by atoms with Crippen LogP contribution in [0.4, 0.5) is 5.82 Å². The van der Waals surface area contributed by atoms with E-state index in [1.54, 1.807) is 4.40 Å². The molecule has 1 aliphatic carbocycles. The molecular weight excluding hydrogens is 240 g/mol. The molecule has 2 heterocycles. The SMILES string of the molecule is N#CCCN(c1nc2ccccn2c1C=O)C1CC1. The highest BCUT2D eigenvalue weighted by molar-refractivity contribution is 5.83. The van der Waals surface area contributed by atoms with E-state index >= 15 is 0 Å². The van der Waals surface area contributed by atoms with Gasteiger partial charge in [0.25, 0.3) is 0 Å². The highest BCUT2D eigenvalue weighted by atomic mass is 16.1. The minimum atomic E-state index is 0.428. The third kappa shape index (κ3) is 2.06. The van der Waals surface area contributed by atoms with Gasteiger partial charge in [-0.15, -0.1) is 0 Å². The van der Waals surface area contributed by atoms with Crippen molar-refractivity contribution in [3.05, 3.63) is 30.1 Å². The van der Waals surface area contributed by atoms with Crippen LogP contribution in [0.2, 0.25) is 0 Å². The summed E-state index contributed by atoms with van der Waals surface area (Å²) in [4.78, 5) is 18.0. The van der Waals surface area contributed by atoms with Gasteiger partial charge in [0.1, 0.15) is 11.3 Å². The van der Waals surface area contributed by atoms with Gasteiger partial charge >= 0.3 is 0 Å². The van der Waals surface area contributed by atoms with Crippen LogP contribution in [-0.2, 0) is 0 Å². The van der Waals surface area contributed by atoms with Gasteiger partial charge in [0, 0.05) is 18.8 Å². The summed E-state index contributed by atoms with van der Waals surface area (Å²) >= 11 is 0. The van der Waals surface area contributed by atoms with E-state index in [1.807, 2.05) is 24.4 Å². The lowest BCUT2D eigenvalue weighted by atomic mass is 10.3. The van der Waals surface area contributed by atoms with Gasteiger partial charge in [0.15, 0.2) is 12.1 Å². The van der Waals surface area contributed by atoms with Crippen molar-refractivity contribution in [2.45, 2.75) is 25.3 Å². The maximum Gasteiger partial charge on any atom is 0.170 e. The standard InChI is InChI=1S/C14H14N4O/c15-7-3-9-17(11-5-6-11)14-12(10-19)18-8-2-1-4-13(18)16-14/h1-2,4,8,10-11H,3,5-6,9H2. The van der Waals surface area contributed by atoms with Crippen LogP contribution >= 0.6 is 0 Å². The van der Waals surface area contributed by atoms with Crippen LogP contribution in [0.5, 0.6) is 0 Å². The first-order valence-corrected chi connectivity index (χ1v) is 6.41. The fourth-order valence-electron chi connectivity index (χ4n) is 2.34. The molecule has 2 aromatic rings. The summed E-state index contributed by atoms with van der Waals surface area (Å²) < 4.78 is 1.80. The smallest absolute Gasteiger partial charge is 0.170 e. The van der Waals surface area contributed by atoms with Crippen molar-refractivity contribution in [3.63, 3.8) is 0 Å². The number of carbonyl (C=O) groups is 1. The molecule has 96 valence electrons. The summed E-state index contributed by atoms with van der Waals surface area (Å²) in [5.41, 5.74) is 1.34. The van der Waals surface area contributed by atoms with Crippen molar-refractivity contribution in [3.8, 4) is 6.07 Å². The first-order valence-electron chi connectivity index (χ1n) is 6.41. The van der Waals surface area contributed by atoms with E-state index in [0.29, 0.717) is 30.5 Å². The largest absolute Gasteiger partial charge is 0.351 e. The number of fused-ring (bicyclic) bond motifs is 1. The number of nitrogens with zero attached hydrogens (tertiary/aromatic N) is 4. The second-order valence-electron chi connectivity index (χ2n) is 4.70. The molecule has 0 amide bonds. The first kappa shape index (κ1) is 11.7. The number of rotatable bonds is 5. The van der Waals surface area contributed by atoms with E-state index in [-0.39, 0.29) is 0 Å². The van der Waals surface area contributed by atoms with E-state index in [4.69, 9.17) is 5.26 Å². The molecule has 1 aliphatic rings. The number of nitriles is 1. The second kappa shape index (κ2) is 4.73. The van der Waals surface area contributed by atoms with Gasteiger partial charge in [-0.1, -0.05) is 6.07 Å². The van der Waals surface area contributed by atoms with Crippen LogP contribution in [0.15, 0.2) is 24.4 Å². The zero-order valence-corrected chi connectivity index (χ0v) is 10.5. The van der Waals surface area contributed by atoms with Gasteiger partial charge in [0.05, 0.1) is 12.5 Å². The number of hydrogen-bond donors (Lipinski definition) is 0. The molecule has 0 unspecified atom stereocenters. The van der Waals surface area contributed by atoms with Gasteiger partial charge in [-0.25, -0.2) is 4.98 Å². The minimum Gasteiger partial charge on any atom is -0.351 e. The molecule has 1 fully saturated rings.